The largest absolute Gasteiger partial charge is 0.444 e. The molecule has 0 saturated heterocycles. The highest BCUT2D eigenvalue weighted by atomic mass is 16.6. The second-order valence-corrected chi connectivity index (χ2v) is 5.03. The van der Waals surface area contributed by atoms with Crippen LogP contribution in [0.2, 0.25) is 0 Å². The first-order valence-corrected chi connectivity index (χ1v) is 5.71. The second-order valence-electron chi connectivity index (χ2n) is 5.03. The fraction of sp³-hybridized carbons (Fsp3) is 0.455. The number of aromatic nitrogens is 4. The maximum absolute atomic E-state index is 12.1. The standard InChI is InChI=1S/C11H15N5O3/c1-6-7(15-10(18)19-11(2,3)4)8(17)16-9(14-6)12-5-13-16/h5H,1-4H3,(H,15,18)(H,12,13,14). The van der Waals surface area contributed by atoms with Crippen molar-refractivity contribution in [2.75, 3.05) is 5.32 Å². The van der Waals surface area contributed by atoms with Crippen molar-refractivity contribution >= 4 is 17.6 Å². The highest BCUT2D eigenvalue weighted by molar-refractivity contribution is 5.85. The van der Waals surface area contributed by atoms with E-state index in [0.29, 0.717) is 5.69 Å². The van der Waals surface area contributed by atoms with Gasteiger partial charge < -0.3 is 4.74 Å². The van der Waals surface area contributed by atoms with E-state index in [2.05, 4.69) is 20.4 Å². The number of aromatic amines is 1. The van der Waals surface area contributed by atoms with Crippen LogP contribution in [-0.4, -0.2) is 31.3 Å². The van der Waals surface area contributed by atoms with E-state index in [1.807, 2.05) is 0 Å². The molecule has 19 heavy (non-hydrogen) atoms. The Labute approximate surface area is 108 Å². The minimum Gasteiger partial charge on any atom is -0.444 e. The Morgan fingerprint density at radius 2 is 2.16 bits per heavy atom. The van der Waals surface area contributed by atoms with Gasteiger partial charge in [0.05, 0.1) is 5.69 Å². The van der Waals surface area contributed by atoms with Crippen molar-refractivity contribution in [2.45, 2.75) is 33.3 Å². The number of anilines is 1. The molecule has 0 radical (unpaired) electrons. The molecule has 0 fully saturated rings. The van der Waals surface area contributed by atoms with Crippen LogP contribution in [-0.2, 0) is 4.74 Å². The number of rotatable bonds is 1. The topological polar surface area (TPSA) is 101 Å². The fourth-order valence-electron chi connectivity index (χ4n) is 1.51. The molecule has 0 bridgehead atoms. The Kier molecular flexibility index (Phi) is 3.01. The Hall–Kier alpha value is -2.38. The first kappa shape index (κ1) is 13.1. The first-order valence-electron chi connectivity index (χ1n) is 5.71. The summed E-state index contributed by atoms with van der Waals surface area (Å²) < 4.78 is 6.23. The lowest BCUT2D eigenvalue weighted by Crippen LogP contribution is -2.31. The molecule has 2 rings (SSSR count). The molecule has 0 aliphatic carbocycles. The Morgan fingerprint density at radius 3 is 2.79 bits per heavy atom. The number of amides is 1. The van der Waals surface area contributed by atoms with Gasteiger partial charge in [-0.1, -0.05) is 0 Å². The van der Waals surface area contributed by atoms with Gasteiger partial charge in [0.15, 0.2) is 0 Å². The molecule has 8 heteroatoms. The molecule has 0 aromatic carbocycles. The van der Waals surface area contributed by atoms with Crippen LogP contribution < -0.4 is 10.9 Å². The average molecular weight is 265 g/mol. The van der Waals surface area contributed by atoms with Gasteiger partial charge in [-0.3, -0.25) is 15.2 Å². The van der Waals surface area contributed by atoms with Crippen LogP contribution in [0.15, 0.2) is 11.1 Å². The summed E-state index contributed by atoms with van der Waals surface area (Å²) in [5, 5.41) is 5.03. The first-order chi connectivity index (χ1) is 8.78. The molecule has 0 spiro atoms. The minimum atomic E-state index is -0.700. The van der Waals surface area contributed by atoms with Gasteiger partial charge in [-0.05, 0) is 27.7 Å². The van der Waals surface area contributed by atoms with Gasteiger partial charge in [0.2, 0.25) is 0 Å². The smallest absolute Gasteiger partial charge is 0.412 e. The number of H-pyrrole nitrogens is 1. The molecule has 2 aromatic rings. The highest BCUT2D eigenvalue weighted by Crippen LogP contribution is 2.11. The number of nitrogens with zero attached hydrogens (tertiary/aromatic N) is 3. The maximum atomic E-state index is 12.1. The minimum absolute atomic E-state index is 0.0657. The van der Waals surface area contributed by atoms with Crippen molar-refractivity contribution in [2.24, 2.45) is 0 Å². The summed E-state index contributed by atoms with van der Waals surface area (Å²) in [6, 6.07) is 0. The molecule has 0 aliphatic heterocycles. The van der Waals surface area contributed by atoms with E-state index in [1.165, 1.54) is 6.33 Å². The zero-order valence-electron chi connectivity index (χ0n) is 11.1. The van der Waals surface area contributed by atoms with E-state index in [0.717, 1.165) is 4.52 Å². The molecule has 8 nitrogen and oxygen atoms in total. The number of ether oxygens (including phenoxy) is 1. The van der Waals surface area contributed by atoms with Crippen molar-refractivity contribution in [3.05, 3.63) is 22.4 Å². The third-order valence-corrected chi connectivity index (χ3v) is 2.24. The summed E-state index contributed by atoms with van der Waals surface area (Å²) in [6.45, 7) is 6.83. The van der Waals surface area contributed by atoms with Crippen LogP contribution in [0.5, 0.6) is 0 Å². The van der Waals surface area contributed by atoms with Gasteiger partial charge in [-0.15, -0.1) is 0 Å². The van der Waals surface area contributed by atoms with Crippen molar-refractivity contribution < 1.29 is 9.53 Å². The molecule has 0 atom stereocenters. The average Bonchev–Trinajstić information content (AvgIpc) is 2.69. The third-order valence-electron chi connectivity index (χ3n) is 2.24. The van der Waals surface area contributed by atoms with Gasteiger partial charge in [-0.2, -0.15) is 4.52 Å². The summed E-state index contributed by atoms with van der Waals surface area (Å²) in [6.07, 6.45) is 0.648. The van der Waals surface area contributed by atoms with Crippen LogP contribution in [0.25, 0.3) is 5.78 Å². The lowest BCUT2D eigenvalue weighted by atomic mass is 10.2. The van der Waals surface area contributed by atoms with E-state index in [1.54, 1.807) is 27.7 Å². The van der Waals surface area contributed by atoms with Gasteiger partial charge >= 0.3 is 6.09 Å². The lowest BCUT2D eigenvalue weighted by molar-refractivity contribution is 0.0635. The van der Waals surface area contributed by atoms with Crippen molar-refractivity contribution in [3.8, 4) is 0 Å². The van der Waals surface area contributed by atoms with Crippen LogP contribution in [0.4, 0.5) is 10.5 Å². The summed E-state index contributed by atoms with van der Waals surface area (Å²) in [5.74, 6) is 0.247. The predicted octanol–water partition coefficient (Wildman–Crippen LogP) is 1.07. The van der Waals surface area contributed by atoms with Gasteiger partial charge in [0.25, 0.3) is 11.3 Å². The Morgan fingerprint density at radius 1 is 1.47 bits per heavy atom. The van der Waals surface area contributed by atoms with Crippen LogP contribution in [0.3, 0.4) is 0 Å². The van der Waals surface area contributed by atoms with Crippen LogP contribution >= 0.6 is 0 Å². The van der Waals surface area contributed by atoms with Crippen molar-refractivity contribution in [1.29, 1.82) is 0 Å². The Balaban J connectivity index is 2.35. The highest BCUT2D eigenvalue weighted by Gasteiger charge is 2.19. The number of nitrogens with one attached hydrogen (secondary N) is 2. The van der Waals surface area contributed by atoms with Crippen LogP contribution in [0, 0.1) is 6.92 Å². The van der Waals surface area contributed by atoms with E-state index in [9.17, 15) is 9.59 Å². The van der Waals surface area contributed by atoms with Gasteiger partial charge in [0, 0.05) is 0 Å². The van der Waals surface area contributed by atoms with Crippen LogP contribution in [0.1, 0.15) is 26.5 Å². The molecular formula is C11H15N5O3. The maximum Gasteiger partial charge on any atom is 0.412 e. The molecule has 2 heterocycles. The number of fused-ring (bicyclic) bond motifs is 1. The fourth-order valence-corrected chi connectivity index (χ4v) is 1.51. The lowest BCUT2D eigenvalue weighted by Gasteiger charge is -2.19. The SMILES string of the molecule is Cc1nc2nc[nH]n2c(=O)c1NC(=O)OC(C)(C)C. The third kappa shape index (κ3) is 2.72. The quantitative estimate of drug-likeness (QED) is 0.803. The number of carbonyl (C=O) groups is 1. The molecule has 2 aromatic heterocycles. The zero-order valence-corrected chi connectivity index (χ0v) is 11.1. The summed E-state index contributed by atoms with van der Waals surface area (Å²) in [4.78, 5) is 31.7. The molecule has 2 N–H and O–H groups in total. The summed E-state index contributed by atoms with van der Waals surface area (Å²) in [5.41, 5.74) is -0.635. The molecular weight excluding hydrogens is 250 g/mol. The van der Waals surface area contributed by atoms with Crippen molar-refractivity contribution in [3.63, 3.8) is 0 Å². The molecule has 1 amide bonds. The van der Waals surface area contributed by atoms with Gasteiger partial charge in [0.1, 0.15) is 17.6 Å². The Bertz CT molecular complexity index is 680. The molecule has 102 valence electrons. The van der Waals surface area contributed by atoms with E-state index >= 15 is 0 Å². The number of carbonyl (C=O) groups excluding carboxylic acids is 1. The number of hydrogen-bond acceptors (Lipinski definition) is 5. The molecule has 0 aliphatic rings. The summed E-state index contributed by atoms with van der Waals surface area (Å²) >= 11 is 0. The molecule has 0 saturated carbocycles. The van der Waals surface area contributed by atoms with E-state index in [-0.39, 0.29) is 11.5 Å². The summed E-state index contributed by atoms with van der Waals surface area (Å²) in [7, 11) is 0. The van der Waals surface area contributed by atoms with Crippen molar-refractivity contribution in [1.82, 2.24) is 19.6 Å². The second kappa shape index (κ2) is 4.38. The number of aryl methyl sites for hydroxylation is 1. The zero-order chi connectivity index (χ0) is 14.2. The normalized spacial score (nSPS) is 11.6. The monoisotopic (exact) mass is 265 g/mol. The van der Waals surface area contributed by atoms with E-state index in [4.69, 9.17) is 4.74 Å². The van der Waals surface area contributed by atoms with E-state index < -0.39 is 17.3 Å². The van der Waals surface area contributed by atoms with Gasteiger partial charge in [-0.25, -0.2) is 14.8 Å². The molecule has 0 unspecified atom stereocenters. The predicted molar refractivity (Wildman–Crippen MR) is 68.2 cm³/mol. The number of hydrogen-bond donors (Lipinski definition) is 2.